The molecule has 0 unspecified atom stereocenters. The van der Waals surface area contributed by atoms with Crippen LogP contribution in [0, 0.1) is 13.8 Å². The molecule has 2 aromatic carbocycles. The fourth-order valence-electron chi connectivity index (χ4n) is 2.44. The molecule has 0 atom stereocenters. The molecule has 0 radical (unpaired) electrons. The van der Waals surface area contributed by atoms with E-state index < -0.39 is 0 Å². The lowest BCUT2D eigenvalue weighted by molar-refractivity contribution is 1.26. The zero-order valence-electron chi connectivity index (χ0n) is 13.8. The van der Waals surface area contributed by atoms with Crippen LogP contribution in [0.25, 0.3) is 11.3 Å². The summed E-state index contributed by atoms with van der Waals surface area (Å²) in [6, 6.07) is 14.0. The highest BCUT2D eigenvalue weighted by Crippen LogP contribution is 2.28. The smallest absolute Gasteiger partial charge is 0.203 e. The van der Waals surface area contributed by atoms with Crippen LogP contribution < -0.4 is 5.43 Å². The Labute approximate surface area is 151 Å². The molecule has 122 valence electrons. The Morgan fingerprint density at radius 3 is 2.58 bits per heavy atom. The van der Waals surface area contributed by atoms with E-state index in [9.17, 15) is 0 Å². The average molecular weight is 356 g/mol. The molecule has 1 heterocycles. The third-order valence-corrected chi connectivity index (χ3v) is 4.74. The van der Waals surface area contributed by atoms with Gasteiger partial charge in [-0.15, -0.1) is 11.3 Å². The van der Waals surface area contributed by atoms with Gasteiger partial charge < -0.3 is 0 Å². The van der Waals surface area contributed by atoms with Crippen molar-refractivity contribution in [2.24, 2.45) is 5.10 Å². The number of hydrogen-bond acceptors (Lipinski definition) is 4. The first kappa shape index (κ1) is 16.7. The Balaban J connectivity index is 1.76. The van der Waals surface area contributed by atoms with Crippen LogP contribution in [-0.2, 0) is 0 Å². The Morgan fingerprint density at radius 1 is 1.12 bits per heavy atom. The Kier molecular flexibility index (Phi) is 4.97. The number of anilines is 1. The first-order valence-corrected chi connectivity index (χ1v) is 8.88. The number of nitrogens with one attached hydrogen (secondary N) is 1. The maximum absolute atomic E-state index is 5.91. The average Bonchev–Trinajstić information content (AvgIpc) is 3.02. The van der Waals surface area contributed by atoms with Gasteiger partial charge in [-0.05, 0) is 44.0 Å². The number of halogens is 1. The molecule has 0 saturated heterocycles. The standard InChI is InChI=1S/C19H18ClN3S/c1-12-4-9-17(13(2)10-12)18-11-24-19(21-18)23-22-14(3)15-5-7-16(20)8-6-15/h4-11H,1-3H3,(H,21,23). The maximum atomic E-state index is 5.91. The van der Waals surface area contributed by atoms with Crippen molar-refractivity contribution >= 4 is 33.8 Å². The fraction of sp³-hybridized carbons (Fsp3) is 0.158. The number of benzene rings is 2. The van der Waals surface area contributed by atoms with Gasteiger partial charge in [-0.2, -0.15) is 5.10 Å². The van der Waals surface area contributed by atoms with Gasteiger partial charge in [0.1, 0.15) is 0 Å². The van der Waals surface area contributed by atoms with E-state index in [4.69, 9.17) is 11.6 Å². The first-order chi connectivity index (χ1) is 11.5. The third kappa shape index (κ3) is 3.83. The lowest BCUT2D eigenvalue weighted by Crippen LogP contribution is -1.99. The normalized spacial score (nSPS) is 11.6. The molecular formula is C19H18ClN3S. The van der Waals surface area contributed by atoms with Crippen LogP contribution >= 0.6 is 22.9 Å². The summed E-state index contributed by atoms with van der Waals surface area (Å²) in [5.41, 5.74) is 9.57. The molecule has 0 bridgehead atoms. The van der Waals surface area contributed by atoms with Crippen LogP contribution in [0.1, 0.15) is 23.6 Å². The molecular weight excluding hydrogens is 338 g/mol. The second-order valence-corrected chi connectivity index (χ2v) is 6.97. The Morgan fingerprint density at radius 2 is 1.88 bits per heavy atom. The molecule has 0 fully saturated rings. The predicted molar refractivity (Wildman–Crippen MR) is 104 cm³/mol. The van der Waals surface area contributed by atoms with E-state index in [0.29, 0.717) is 0 Å². The van der Waals surface area contributed by atoms with Gasteiger partial charge in [0.2, 0.25) is 5.13 Å². The van der Waals surface area contributed by atoms with Gasteiger partial charge in [0.25, 0.3) is 0 Å². The molecule has 1 N–H and O–H groups in total. The van der Waals surface area contributed by atoms with Crippen LogP contribution in [-0.4, -0.2) is 10.7 Å². The molecule has 3 aromatic rings. The lowest BCUT2D eigenvalue weighted by atomic mass is 10.0. The van der Waals surface area contributed by atoms with E-state index in [-0.39, 0.29) is 0 Å². The molecule has 5 heteroatoms. The van der Waals surface area contributed by atoms with Crippen molar-refractivity contribution in [3.63, 3.8) is 0 Å². The topological polar surface area (TPSA) is 37.3 Å². The highest BCUT2D eigenvalue weighted by atomic mass is 35.5. The maximum Gasteiger partial charge on any atom is 0.203 e. The summed E-state index contributed by atoms with van der Waals surface area (Å²) in [5, 5.41) is 7.95. The van der Waals surface area contributed by atoms with Crippen molar-refractivity contribution in [3.05, 3.63) is 69.6 Å². The summed E-state index contributed by atoms with van der Waals surface area (Å²) in [6.45, 7) is 6.16. The molecule has 0 aliphatic carbocycles. The second kappa shape index (κ2) is 7.16. The van der Waals surface area contributed by atoms with Crippen molar-refractivity contribution in [3.8, 4) is 11.3 Å². The summed E-state index contributed by atoms with van der Waals surface area (Å²) in [6.07, 6.45) is 0. The molecule has 1 aromatic heterocycles. The van der Waals surface area contributed by atoms with Crippen LogP contribution in [0.5, 0.6) is 0 Å². The number of rotatable bonds is 4. The summed E-state index contributed by atoms with van der Waals surface area (Å²) in [5.74, 6) is 0. The number of aromatic nitrogens is 1. The van der Waals surface area contributed by atoms with Crippen LogP contribution in [0.4, 0.5) is 5.13 Å². The van der Waals surface area contributed by atoms with Gasteiger partial charge in [0.05, 0.1) is 11.4 Å². The van der Waals surface area contributed by atoms with E-state index in [2.05, 4.69) is 47.6 Å². The van der Waals surface area contributed by atoms with E-state index in [1.807, 2.05) is 36.6 Å². The Hall–Kier alpha value is -2.17. The molecule has 3 nitrogen and oxygen atoms in total. The van der Waals surface area contributed by atoms with Gasteiger partial charge in [0, 0.05) is 16.0 Å². The SMILES string of the molecule is CC(=NNc1nc(-c2ccc(C)cc2C)cs1)c1ccc(Cl)cc1. The zero-order chi connectivity index (χ0) is 17.1. The first-order valence-electron chi connectivity index (χ1n) is 7.62. The predicted octanol–water partition coefficient (Wildman–Crippen LogP) is 5.92. The number of nitrogens with zero attached hydrogens (tertiary/aromatic N) is 2. The monoisotopic (exact) mass is 355 g/mol. The number of aryl methyl sites for hydroxylation is 2. The van der Waals surface area contributed by atoms with Crippen molar-refractivity contribution in [2.45, 2.75) is 20.8 Å². The second-order valence-electron chi connectivity index (χ2n) is 5.67. The van der Waals surface area contributed by atoms with Gasteiger partial charge in [-0.1, -0.05) is 47.5 Å². The summed E-state index contributed by atoms with van der Waals surface area (Å²) < 4.78 is 0. The molecule has 0 aliphatic rings. The van der Waals surface area contributed by atoms with E-state index in [1.165, 1.54) is 11.1 Å². The van der Waals surface area contributed by atoms with Gasteiger partial charge in [-0.3, -0.25) is 5.43 Å². The van der Waals surface area contributed by atoms with E-state index in [1.54, 1.807) is 11.3 Å². The minimum Gasteiger partial charge on any atom is -0.252 e. The van der Waals surface area contributed by atoms with Gasteiger partial charge in [0.15, 0.2) is 0 Å². The van der Waals surface area contributed by atoms with Crippen molar-refractivity contribution < 1.29 is 0 Å². The zero-order valence-corrected chi connectivity index (χ0v) is 15.4. The minimum absolute atomic E-state index is 0.720. The Bertz CT molecular complexity index is 882. The van der Waals surface area contributed by atoms with Crippen LogP contribution in [0.3, 0.4) is 0 Å². The molecule has 24 heavy (non-hydrogen) atoms. The quantitative estimate of drug-likeness (QED) is 0.466. The van der Waals surface area contributed by atoms with E-state index >= 15 is 0 Å². The minimum atomic E-state index is 0.720. The summed E-state index contributed by atoms with van der Waals surface area (Å²) in [4.78, 5) is 4.63. The number of thiazole rings is 1. The number of hydrazone groups is 1. The van der Waals surface area contributed by atoms with Gasteiger partial charge in [-0.25, -0.2) is 4.98 Å². The molecule has 0 amide bonds. The van der Waals surface area contributed by atoms with Gasteiger partial charge >= 0.3 is 0 Å². The molecule has 0 aliphatic heterocycles. The van der Waals surface area contributed by atoms with E-state index in [0.717, 1.165) is 32.7 Å². The number of hydrogen-bond donors (Lipinski definition) is 1. The van der Waals surface area contributed by atoms with Crippen molar-refractivity contribution in [2.75, 3.05) is 5.43 Å². The third-order valence-electron chi connectivity index (χ3n) is 3.74. The van der Waals surface area contributed by atoms with Crippen LogP contribution in [0.2, 0.25) is 5.02 Å². The molecule has 0 saturated carbocycles. The van der Waals surface area contributed by atoms with Crippen molar-refractivity contribution in [1.82, 2.24) is 4.98 Å². The molecule has 3 rings (SSSR count). The largest absolute Gasteiger partial charge is 0.252 e. The highest BCUT2D eigenvalue weighted by Gasteiger charge is 2.07. The summed E-state index contributed by atoms with van der Waals surface area (Å²) >= 11 is 7.46. The van der Waals surface area contributed by atoms with Crippen molar-refractivity contribution in [1.29, 1.82) is 0 Å². The summed E-state index contributed by atoms with van der Waals surface area (Å²) in [7, 11) is 0. The molecule has 0 spiro atoms. The van der Waals surface area contributed by atoms with Crippen LogP contribution in [0.15, 0.2) is 52.9 Å². The lowest BCUT2D eigenvalue weighted by Gasteiger charge is -2.03. The fourth-order valence-corrected chi connectivity index (χ4v) is 3.22. The highest BCUT2D eigenvalue weighted by molar-refractivity contribution is 7.14.